The number of fused-ring (bicyclic) bond motifs is 3. The van der Waals surface area contributed by atoms with E-state index >= 15 is 0 Å². The molecule has 1 aliphatic heterocycles. The fourth-order valence-corrected chi connectivity index (χ4v) is 4.88. The van der Waals surface area contributed by atoms with Crippen LogP contribution in [0.5, 0.6) is 5.75 Å². The highest BCUT2D eigenvalue weighted by molar-refractivity contribution is 6.35. The summed E-state index contributed by atoms with van der Waals surface area (Å²) in [6.45, 7) is 5.86. The largest absolute Gasteiger partial charge is 0.497 e. The molecular weight excluding hydrogens is 350 g/mol. The molecule has 0 aromatic heterocycles. The van der Waals surface area contributed by atoms with Crippen LogP contribution in [0.3, 0.4) is 0 Å². The van der Waals surface area contributed by atoms with Gasteiger partial charge in [-0.15, -0.1) is 0 Å². The van der Waals surface area contributed by atoms with Gasteiger partial charge in [-0.05, 0) is 42.7 Å². The predicted molar refractivity (Wildman–Crippen MR) is 111 cm³/mol. The summed E-state index contributed by atoms with van der Waals surface area (Å²) in [6, 6.07) is 15.4. The van der Waals surface area contributed by atoms with Crippen molar-refractivity contribution < 1.29 is 14.3 Å². The van der Waals surface area contributed by atoms with Gasteiger partial charge >= 0.3 is 0 Å². The van der Waals surface area contributed by atoms with Crippen molar-refractivity contribution in [2.24, 2.45) is 10.8 Å². The summed E-state index contributed by atoms with van der Waals surface area (Å²) in [5.74, 6) is 0.851. The summed E-state index contributed by atoms with van der Waals surface area (Å²) in [5.41, 5.74) is 2.75. The Morgan fingerprint density at radius 2 is 1.61 bits per heavy atom. The Balaban J connectivity index is 2.10. The first kappa shape index (κ1) is 18.5. The second-order valence-electron chi connectivity index (χ2n) is 8.58. The number of allylic oxidation sites excluding steroid dienone is 1. The van der Waals surface area contributed by atoms with Crippen molar-refractivity contribution >= 4 is 28.5 Å². The Kier molecular flexibility index (Phi) is 4.00. The van der Waals surface area contributed by atoms with Gasteiger partial charge in [-0.3, -0.25) is 9.59 Å². The summed E-state index contributed by atoms with van der Waals surface area (Å²) < 4.78 is 5.28. The number of amides is 1. The highest BCUT2D eigenvalue weighted by atomic mass is 16.5. The van der Waals surface area contributed by atoms with E-state index in [0.29, 0.717) is 12.0 Å². The maximum atomic E-state index is 13.6. The smallest absolute Gasteiger partial charge is 0.237 e. The van der Waals surface area contributed by atoms with Crippen molar-refractivity contribution in [1.82, 2.24) is 0 Å². The Morgan fingerprint density at radius 1 is 0.964 bits per heavy atom. The number of benzene rings is 2. The molecule has 1 unspecified atom stereocenters. The van der Waals surface area contributed by atoms with Crippen LogP contribution in [0.2, 0.25) is 0 Å². The van der Waals surface area contributed by atoms with E-state index in [-0.39, 0.29) is 11.7 Å². The molecule has 1 heterocycles. The average Bonchev–Trinajstić information content (AvgIpc) is 2.68. The first-order valence-electron chi connectivity index (χ1n) is 9.52. The highest BCUT2D eigenvalue weighted by Gasteiger charge is 2.55. The van der Waals surface area contributed by atoms with Crippen LogP contribution in [0.1, 0.15) is 38.3 Å². The number of carbonyl (C=O) groups excluding carboxylic acids is 2. The van der Waals surface area contributed by atoms with Crippen molar-refractivity contribution in [3.8, 4) is 5.75 Å². The molecule has 0 saturated heterocycles. The Labute approximate surface area is 165 Å². The van der Waals surface area contributed by atoms with Crippen molar-refractivity contribution in [3.63, 3.8) is 0 Å². The first-order valence-corrected chi connectivity index (χ1v) is 9.52. The number of para-hydroxylation sites is 1. The van der Waals surface area contributed by atoms with E-state index in [9.17, 15) is 9.59 Å². The van der Waals surface area contributed by atoms with Gasteiger partial charge in [-0.2, -0.15) is 0 Å². The van der Waals surface area contributed by atoms with Gasteiger partial charge in [-0.1, -0.05) is 44.2 Å². The van der Waals surface area contributed by atoms with E-state index < -0.39 is 10.8 Å². The maximum absolute atomic E-state index is 13.6. The van der Waals surface area contributed by atoms with E-state index in [2.05, 4.69) is 0 Å². The van der Waals surface area contributed by atoms with Gasteiger partial charge in [-0.25, -0.2) is 0 Å². The molecule has 4 rings (SSSR count). The van der Waals surface area contributed by atoms with Crippen LogP contribution in [0, 0.1) is 10.8 Å². The fraction of sp³-hybridized carbons (Fsp3) is 0.333. The number of methoxy groups -OCH3 is 1. The molecule has 0 spiro atoms. The topological polar surface area (TPSA) is 46.6 Å². The monoisotopic (exact) mass is 375 g/mol. The molecule has 2 aliphatic rings. The first-order chi connectivity index (χ1) is 13.2. The Hall–Kier alpha value is -2.88. The van der Waals surface area contributed by atoms with Gasteiger partial charge < -0.3 is 9.64 Å². The van der Waals surface area contributed by atoms with Crippen LogP contribution in [0.15, 0.2) is 48.5 Å². The van der Waals surface area contributed by atoms with Crippen molar-refractivity contribution in [2.45, 2.75) is 27.2 Å². The van der Waals surface area contributed by atoms with E-state index in [1.165, 1.54) is 0 Å². The molecule has 4 nitrogen and oxygen atoms in total. The highest BCUT2D eigenvalue weighted by Crippen LogP contribution is 2.58. The molecule has 0 bridgehead atoms. The molecule has 28 heavy (non-hydrogen) atoms. The third-order valence-electron chi connectivity index (χ3n) is 6.13. The lowest BCUT2D eigenvalue weighted by Gasteiger charge is -2.48. The predicted octanol–water partition coefficient (Wildman–Crippen LogP) is 4.59. The van der Waals surface area contributed by atoms with Gasteiger partial charge in [0, 0.05) is 23.6 Å². The molecule has 2 aromatic rings. The third kappa shape index (κ3) is 2.44. The zero-order valence-corrected chi connectivity index (χ0v) is 17.0. The number of anilines is 1. The van der Waals surface area contributed by atoms with Crippen LogP contribution in [-0.4, -0.2) is 25.8 Å². The number of carbonyl (C=O) groups is 2. The molecule has 1 aliphatic carbocycles. The standard InChI is InChI=1S/C24H25NO3/c1-23(2)14-24(3)20(17-8-6-7-9-18(17)25(4)22(24)27)19(21(23)26)15-10-12-16(28-5)13-11-15/h6-13H,14H2,1-5H3. The second kappa shape index (κ2) is 6.06. The van der Waals surface area contributed by atoms with Crippen LogP contribution in [0.25, 0.3) is 11.1 Å². The number of ether oxygens (including phenoxy) is 1. The van der Waals surface area contributed by atoms with Crippen LogP contribution in [0.4, 0.5) is 5.69 Å². The molecule has 4 heteroatoms. The summed E-state index contributed by atoms with van der Waals surface area (Å²) in [4.78, 5) is 28.8. The van der Waals surface area contributed by atoms with E-state index in [4.69, 9.17) is 4.74 Å². The van der Waals surface area contributed by atoms with Gasteiger partial charge in [0.1, 0.15) is 5.75 Å². The van der Waals surface area contributed by atoms with Crippen LogP contribution in [-0.2, 0) is 9.59 Å². The van der Waals surface area contributed by atoms with Gasteiger partial charge in [0.25, 0.3) is 0 Å². The van der Waals surface area contributed by atoms with Gasteiger partial charge in [0.2, 0.25) is 5.91 Å². The molecule has 0 radical (unpaired) electrons. The van der Waals surface area contributed by atoms with Crippen molar-refractivity contribution in [1.29, 1.82) is 0 Å². The Morgan fingerprint density at radius 3 is 2.25 bits per heavy atom. The molecule has 0 fully saturated rings. The maximum Gasteiger partial charge on any atom is 0.237 e. The normalized spacial score (nSPS) is 23.4. The minimum atomic E-state index is -0.754. The molecule has 2 aromatic carbocycles. The summed E-state index contributed by atoms with van der Waals surface area (Å²) >= 11 is 0. The summed E-state index contributed by atoms with van der Waals surface area (Å²) in [5, 5.41) is 0. The fourth-order valence-electron chi connectivity index (χ4n) is 4.88. The molecule has 1 amide bonds. The lowest BCUT2D eigenvalue weighted by Crippen LogP contribution is -2.51. The number of hydrogen-bond donors (Lipinski definition) is 0. The number of nitrogens with zero attached hydrogens (tertiary/aromatic N) is 1. The van der Waals surface area contributed by atoms with E-state index in [0.717, 1.165) is 28.1 Å². The molecule has 1 atom stereocenters. The number of hydrogen-bond acceptors (Lipinski definition) is 3. The average molecular weight is 375 g/mol. The SMILES string of the molecule is COc1ccc(C2=C3c4ccccc4N(C)C(=O)C3(C)CC(C)(C)C2=O)cc1. The lowest BCUT2D eigenvalue weighted by atomic mass is 9.57. The van der Waals surface area contributed by atoms with Crippen molar-refractivity contribution in [3.05, 3.63) is 59.7 Å². The zero-order valence-electron chi connectivity index (χ0n) is 17.0. The Bertz CT molecular complexity index is 1020. The quantitative estimate of drug-likeness (QED) is 0.771. The minimum Gasteiger partial charge on any atom is -0.497 e. The number of rotatable bonds is 2. The van der Waals surface area contributed by atoms with Gasteiger partial charge in [0.05, 0.1) is 18.2 Å². The summed E-state index contributed by atoms with van der Waals surface area (Å²) in [7, 11) is 3.44. The van der Waals surface area contributed by atoms with Crippen molar-refractivity contribution in [2.75, 3.05) is 19.1 Å². The van der Waals surface area contributed by atoms with E-state index in [1.807, 2.05) is 76.3 Å². The molecule has 0 saturated carbocycles. The lowest BCUT2D eigenvalue weighted by molar-refractivity contribution is -0.129. The second-order valence-corrected chi connectivity index (χ2v) is 8.58. The zero-order chi connectivity index (χ0) is 20.3. The molecular formula is C24H25NO3. The summed E-state index contributed by atoms with van der Waals surface area (Å²) in [6.07, 6.45) is 0.491. The molecule has 0 N–H and O–H groups in total. The number of Topliss-reactive ketones (excluding diaryl/α,β-unsaturated/α-hetero) is 1. The minimum absolute atomic E-state index is 0.0350. The van der Waals surface area contributed by atoms with E-state index in [1.54, 1.807) is 12.0 Å². The van der Waals surface area contributed by atoms with Gasteiger partial charge in [0.15, 0.2) is 5.78 Å². The third-order valence-corrected chi connectivity index (χ3v) is 6.13. The number of ketones is 1. The molecule has 144 valence electrons. The van der Waals surface area contributed by atoms with Crippen LogP contribution < -0.4 is 9.64 Å². The van der Waals surface area contributed by atoms with Crippen LogP contribution >= 0.6 is 0 Å².